The van der Waals surface area contributed by atoms with Crippen molar-refractivity contribution < 1.29 is 48.0 Å². The van der Waals surface area contributed by atoms with Crippen LogP contribution in [0.1, 0.15) is 67.2 Å². The summed E-state index contributed by atoms with van der Waals surface area (Å²) in [6, 6.07) is 0. The monoisotopic (exact) mass is 562 g/mol. The molecular weight excluding hydrogens is 528 g/mol. The van der Waals surface area contributed by atoms with Crippen molar-refractivity contribution >= 4 is 47.4 Å². The number of nitrogens with two attached hydrogens (primary N) is 2. The van der Waals surface area contributed by atoms with Crippen LogP contribution in [-0.4, -0.2) is 57.5 Å². The molecule has 2 aliphatic rings. The van der Waals surface area contributed by atoms with E-state index < -0.39 is 71.1 Å². The summed E-state index contributed by atoms with van der Waals surface area (Å²) in [5.74, 6) is -11.2. The molecule has 0 saturated carbocycles. The Morgan fingerprint density at radius 3 is 1.30 bits per heavy atom. The van der Waals surface area contributed by atoms with Crippen molar-refractivity contribution in [3.63, 3.8) is 0 Å². The zero-order valence-electron chi connectivity index (χ0n) is 23.3. The number of imide groups is 2. The van der Waals surface area contributed by atoms with Gasteiger partial charge >= 0.3 is 11.9 Å². The van der Waals surface area contributed by atoms with Gasteiger partial charge in [-0.15, -0.1) is 0 Å². The second-order valence-corrected chi connectivity index (χ2v) is 10.0. The SMILES string of the molecule is CCC(CC(CC(CC(C)C(N)=O)C(=O)ON1C(=O)C(C)=C(C)C1=O)C(N)=O)C(=O)ON1C(=O)C(C)=C(C)C1=O. The van der Waals surface area contributed by atoms with Gasteiger partial charge in [-0.2, -0.15) is 0 Å². The van der Waals surface area contributed by atoms with E-state index >= 15 is 0 Å². The Morgan fingerprint density at radius 2 is 0.975 bits per heavy atom. The summed E-state index contributed by atoms with van der Waals surface area (Å²) < 4.78 is 0. The minimum absolute atomic E-state index is 0.0923. The number of carbonyl (C=O) groups excluding carboxylic acids is 8. The first-order valence-electron chi connectivity index (χ1n) is 12.7. The minimum Gasteiger partial charge on any atom is -0.369 e. The van der Waals surface area contributed by atoms with Crippen LogP contribution in [0.5, 0.6) is 0 Å². The third-order valence-corrected chi connectivity index (χ3v) is 7.33. The van der Waals surface area contributed by atoms with Crippen molar-refractivity contribution in [1.82, 2.24) is 10.1 Å². The summed E-state index contributed by atoms with van der Waals surface area (Å²) in [5, 5.41) is 0.661. The van der Waals surface area contributed by atoms with Crippen LogP contribution in [0.4, 0.5) is 0 Å². The quantitative estimate of drug-likeness (QED) is 0.294. The van der Waals surface area contributed by atoms with Crippen molar-refractivity contribution in [2.75, 3.05) is 0 Å². The third-order valence-electron chi connectivity index (χ3n) is 7.33. The maximum Gasteiger partial charge on any atom is 0.336 e. The van der Waals surface area contributed by atoms with Crippen LogP contribution in [0.3, 0.4) is 0 Å². The van der Waals surface area contributed by atoms with E-state index in [4.69, 9.17) is 21.1 Å². The average molecular weight is 563 g/mol. The Balaban J connectivity index is 2.22. The molecule has 4 unspecified atom stereocenters. The summed E-state index contributed by atoms with van der Waals surface area (Å²) in [6.07, 6.45) is -0.638. The molecule has 0 aromatic carbocycles. The van der Waals surface area contributed by atoms with E-state index in [1.54, 1.807) is 6.92 Å². The molecule has 4 N–H and O–H groups in total. The molecule has 4 atom stereocenters. The topological polar surface area (TPSA) is 214 Å². The first-order valence-corrected chi connectivity index (χ1v) is 12.7. The lowest BCUT2D eigenvalue weighted by Crippen LogP contribution is -2.40. The Kier molecular flexibility index (Phi) is 10.1. The predicted octanol–water partition coefficient (Wildman–Crippen LogP) is 0.349. The number of hydrogen-bond acceptors (Lipinski definition) is 10. The lowest BCUT2D eigenvalue weighted by molar-refractivity contribution is -0.201. The average Bonchev–Trinajstić information content (AvgIpc) is 3.19. The van der Waals surface area contributed by atoms with E-state index in [1.807, 2.05) is 0 Å². The summed E-state index contributed by atoms with van der Waals surface area (Å²) in [5.41, 5.74) is 11.4. The predicted molar refractivity (Wildman–Crippen MR) is 135 cm³/mol. The van der Waals surface area contributed by atoms with Crippen LogP contribution in [-0.2, 0) is 48.0 Å². The number of hydrogen-bond donors (Lipinski definition) is 2. The van der Waals surface area contributed by atoms with Crippen LogP contribution < -0.4 is 11.5 Å². The van der Waals surface area contributed by atoms with Crippen LogP contribution >= 0.6 is 0 Å². The van der Waals surface area contributed by atoms with Gasteiger partial charge in [0.2, 0.25) is 11.8 Å². The van der Waals surface area contributed by atoms with Gasteiger partial charge in [0.25, 0.3) is 23.6 Å². The molecule has 40 heavy (non-hydrogen) atoms. The van der Waals surface area contributed by atoms with Crippen LogP contribution in [0.25, 0.3) is 0 Å². The molecule has 2 heterocycles. The maximum absolute atomic E-state index is 13.1. The number of nitrogens with zero attached hydrogens (tertiary/aromatic N) is 2. The van der Waals surface area contributed by atoms with Crippen LogP contribution in [0, 0.1) is 23.7 Å². The largest absolute Gasteiger partial charge is 0.369 e. The molecule has 0 aliphatic carbocycles. The highest BCUT2D eigenvalue weighted by molar-refractivity contribution is 6.19. The third kappa shape index (κ3) is 6.61. The van der Waals surface area contributed by atoms with Gasteiger partial charge in [-0.1, -0.05) is 24.0 Å². The van der Waals surface area contributed by atoms with Crippen molar-refractivity contribution in [2.24, 2.45) is 35.1 Å². The molecule has 0 aromatic heterocycles. The van der Waals surface area contributed by atoms with E-state index in [-0.39, 0.29) is 48.0 Å². The summed E-state index contributed by atoms with van der Waals surface area (Å²) in [4.78, 5) is 109. The number of rotatable bonds is 13. The fourth-order valence-electron chi connectivity index (χ4n) is 4.21. The van der Waals surface area contributed by atoms with Crippen molar-refractivity contribution in [1.29, 1.82) is 0 Å². The van der Waals surface area contributed by atoms with Gasteiger partial charge in [0.05, 0.1) is 11.8 Å². The lowest BCUT2D eigenvalue weighted by Gasteiger charge is -2.26. The van der Waals surface area contributed by atoms with Gasteiger partial charge in [0, 0.05) is 34.1 Å². The van der Waals surface area contributed by atoms with Crippen molar-refractivity contribution in [3.05, 3.63) is 22.3 Å². The summed E-state index contributed by atoms with van der Waals surface area (Å²) >= 11 is 0. The molecule has 14 nitrogen and oxygen atoms in total. The Bertz CT molecular complexity index is 1190. The zero-order valence-corrected chi connectivity index (χ0v) is 23.3. The highest BCUT2D eigenvalue weighted by atomic mass is 16.7. The molecule has 0 radical (unpaired) electrons. The first-order chi connectivity index (χ1) is 18.5. The van der Waals surface area contributed by atoms with E-state index in [9.17, 15) is 38.4 Å². The molecule has 6 amide bonds. The second kappa shape index (κ2) is 12.7. The molecule has 0 spiro atoms. The lowest BCUT2D eigenvalue weighted by atomic mass is 9.82. The van der Waals surface area contributed by atoms with E-state index in [1.165, 1.54) is 34.6 Å². The number of primary amides is 2. The Labute approximate surface area is 230 Å². The molecule has 2 rings (SSSR count). The van der Waals surface area contributed by atoms with Crippen LogP contribution in [0.2, 0.25) is 0 Å². The molecule has 0 aromatic rings. The minimum atomic E-state index is -1.23. The molecular formula is C26H34N4O10. The molecule has 0 saturated heterocycles. The first kappa shape index (κ1) is 31.9. The normalized spacial score (nSPS) is 18.8. The Hall–Kier alpha value is -4.36. The summed E-state index contributed by atoms with van der Waals surface area (Å²) in [7, 11) is 0. The Morgan fingerprint density at radius 1 is 0.625 bits per heavy atom. The highest BCUT2D eigenvalue weighted by Crippen LogP contribution is 2.30. The number of amides is 6. The molecule has 14 heteroatoms. The van der Waals surface area contributed by atoms with Gasteiger partial charge in [0.1, 0.15) is 0 Å². The second-order valence-electron chi connectivity index (χ2n) is 10.0. The summed E-state index contributed by atoms with van der Waals surface area (Å²) in [6.45, 7) is 8.67. The van der Waals surface area contributed by atoms with Gasteiger partial charge in [-0.05, 0) is 53.4 Å². The fourth-order valence-corrected chi connectivity index (χ4v) is 4.21. The van der Waals surface area contributed by atoms with Crippen molar-refractivity contribution in [3.8, 4) is 0 Å². The molecule has 2 aliphatic heterocycles. The zero-order chi connectivity index (χ0) is 30.6. The maximum atomic E-state index is 13.1. The molecule has 0 bridgehead atoms. The van der Waals surface area contributed by atoms with Gasteiger partial charge in [-0.3, -0.25) is 28.8 Å². The standard InChI is InChI=1S/C26H34N4O10/c1-7-16(25(37)39-29-21(33)12(3)13(4)22(29)34)9-17(20(28)32)10-18(8-11(2)19(27)31)26(38)40-30-23(35)14(5)15(6)24(30)36/h11,16-18H,7-10H2,1-6H3,(H2,27,31)(H2,28,32). The number of hydroxylamine groups is 4. The van der Waals surface area contributed by atoms with E-state index in [0.717, 1.165) is 0 Å². The number of carbonyl (C=O) groups is 8. The van der Waals surface area contributed by atoms with Crippen LogP contribution in [0.15, 0.2) is 22.3 Å². The fraction of sp³-hybridized carbons (Fsp3) is 0.538. The molecule has 218 valence electrons. The van der Waals surface area contributed by atoms with Gasteiger partial charge < -0.3 is 21.1 Å². The van der Waals surface area contributed by atoms with Crippen molar-refractivity contribution in [2.45, 2.75) is 67.2 Å². The van der Waals surface area contributed by atoms with Gasteiger partial charge in [-0.25, -0.2) is 9.59 Å². The highest BCUT2D eigenvalue weighted by Gasteiger charge is 2.41. The molecule has 0 fully saturated rings. The van der Waals surface area contributed by atoms with E-state index in [2.05, 4.69) is 0 Å². The smallest absolute Gasteiger partial charge is 0.336 e. The van der Waals surface area contributed by atoms with E-state index in [0.29, 0.717) is 10.1 Å². The van der Waals surface area contributed by atoms with Gasteiger partial charge in [0.15, 0.2) is 0 Å².